The van der Waals surface area contributed by atoms with E-state index in [-0.39, 0.29) is 6.04 Å². The van der Waals surface area contributed by atoms with Crippen LogP contribution >= 0.6 is 0 Å². The molecule has 0 aliphatic rings. The number of hydrogen-bond acceptors (Lipinski definition) is 5. The molecule has 3 aromatic rings. The minimum atomic E-state index is -0.555. The number of carbonyl (C=O) groups is 1. The summed E-state index contributed by atoms with van der Waals surface area (Å²) in [5.41, 5.74) is 2.23. The second-order valence-corrected chi connectivity index (χ2v) is 7.38. The standard InChI is InChI=1S/C20H25N5O2/c1-14-12-17-18(21-10-11-25(17)24-14)22-13-16(15-8-6-5-7-9-15)23-19(26)27-20(2,3)4/h5-12,16H,13H2,1-4H3,(H,21,22)(H,23,26). The lowest BCUT2D eigenvalue weighted by molar-refractivity contribution is 0.0506. The summed E-state index contributed by atoms with van der Waals surface area (Å²) in [5, 5.41) is 10.7. The Morgan fingerprint density at radius 2 is 2.00 bits per heavy atom. The largest absolute Gasteiger partial charge is 0.444 e. The molecule has 3 rings (SSSR count). The molecule has 7 nitrogen and oxygen atoms in total. The van der Waals surface area contributed by atoms with E-state index < -0.39 is 11.7 Å². The van der Waals surface area contributed by atoms with Gasteiger partial charge in [-0.2, -0.15) is 5.10 Å². The Bertz CT molecular complexity index is 915. The lowest BCUT2D eigenvalue weighted by Gasteiger charge is -2.24. The number of benzene rings is 1. The first kappa shape index (κ1) is 18.7. The first-order valence-electron chi connectivity index (χ1n) is 8.91. The molecular formula is C20H25N5O2. The van der Waals surface area contributed by atoms with E-state index in [9.17, 15) is 4.79 Å². The zero-order valence-corrected chi connectivity index (χ0v) is 16.1. The van der Waals surface area contributed by atoms with Crippen molar-refractivity contribution in [2.45, 2.75) is 39.3 Å². The molecule has 142 valence electrons. The van der Waals surface area contributed by atoms with Crippen LogP contribution in [0, 0.1) is 6.92 Å². The molecule has 1 unspecified atom stereocenters. The third-order valence-corrected chi connectivity index (χ3v) is 3.88. The third kappa shape index (κ3) is 4.97. The molecule has 27 heavy (non-hydrogen) atoms. The molecule has 1 aromatic carbocycles. The fraction of sp³-hybridized carbons (Fsp3) is 0.350. The van der Waals surface area contributed by atoms with Gasteiger partial charge in [0.1, 0.15) is 11.1 Å². The molecular weight excluding hydrogens is 342 g/mol. The van der Waals surface area contributed by atoms with Crippen LogP contribution in [0.5, 0.6) is 0 Å². The number of rotatable bonds is 5. The van der Waals surface area contributed by atoms with Gasteiger partial charge in [-0.1, -0.05) is 30.3 Å². The molecule has 0 aliphatic heterocycles. The minimum absolute atomic E-state index is 0.271. The quantitative estimate of drug-likeness (QED) is 0.718. The van der Waals surface area contributed by atoms with Crippen molar-refractivity contribution >= 4 is 17.4 Å². The third-order valence-electron chi connectivity index (χ3n) is 3.88. The minimum Gasteiger partial charge on any atom is -0.444 e. The number of alkyl carbamates (subject to hydrolysis) is 1. The second-order valence-electron chi connectivity index (χ2n) is 7.38. The fourth-order valence-corrected chi connectivity index (χ4v) is 2.77. The lowest BCUT2D eigenvalue weighted by Crippen LogP contribution is -2.37. The molecule has 0 aliphatic carbocycles. The van der Waals surface area contributed by atoms with Crippen molar-refractivity contribution < 1.29 is 9.53 Å². The van der Waals surface area contributed by atoms with E-state index >= 15 is 0 Å². The van der Waals surface area contributed by atoms with E-state index in [0.29, 0.717) is 12.4 Å². The van der Waals surface area contributed by atoms with Crippen LogP contribution in [0.4, 0.5) is 10.6 Å². The number of ether oxygens (including phenoxy) is 1. The molecule has 0 fully saturated rings. The van der Waals surface area contributed by atoms with Crippen LogP contribution in [-0.2, 0) is 4.74 Å². The van der Waals surface area contributed by atoms with Gasteiger partial charge in [0.15, 0.2) is 5.82 Å². The van der Waals surface area contributed by atoms with E-state index in [1.165, 1.54) is 0 Å². The molecule has 0 bridgehead atoms. The van der Waals surface area contributed by atoms with Crippen LogP contribution in [0.25, 0.3) is 5.52 Å². The van der Waals surface area contributed by atoms with Crippen LogP contribution in [0.3, 0.4) is 0 Å². The van der Waals surface area contributed by atoms with Gasteiger partial charge >= 0.3 is 6.09 Å². The molecule has 2 heterocycles. The number of carbonyl (C=O) groups excluding carboxylic acids is 1. The fourth-order valence-electron chi connectivity index (χ4n) is 2.77. The molecule has 0 saturated carbocycles. The summed E-state index contributed by atoms with van der Waals surface area (Å²) in [4.78, 5) is 16.7. The van der Waals surface area contributed by atoms with Gasteiger partial charge in [0, 0.05) is 18.9 Å². The van der Waals surface area contributed by atoms with Crippen LogP contribution < -0.4 is 10.6 Å². The first-order chi connectivity index (χ1) is 12.8. The van der Waals surface area contributed by atoms with Gasteiger partial charge in [0.2, 0.25) is 0 Å². The highest BCUT2D eigenvalue weighted by atomic mass is 16.6. The molecule has 1 amide bonds. The van der Waals surface area contributed by atoms with Gasteiger partial charge in [0.05, 0.1) is 11.7 Å². The maximum Gasteiger partial charge on any atom is 0.408 e. The van der Waals surface area contributed by atoms with Crippen LogP contribution in [0.15, 0.2) is 48.8 Å². The maximum atomic E-state index is 12.3. The predicted octanol–water partition coefficient (Wildman–Crippen LogP) is 3.72. The van der Waals surface area contributed by atoms with E-state index in [4.69, 9.17) is 4.74 Å². The molecule has 0 saturated heterocycles. The van der Waals surface area contributed by atoms with Gasteiger partial charge in [-0.05, 0) is 39.3 Å². The topological polar surface area (TPSA) is 80.5 Å². The van der Waals surface area contributed by atoms with Gasteiger partial charge in [-0.15, -0.1) is 0 Å². The highest BCUT2D eigenvalue weighted by Crippen LogP contribution is 2.18. The van der Waals surface area contributed by atoms with Crippen molar-refractivity contribution in [1.82, 2.24) is 19.9 Å². The van der Waals surface area contributed by atoms with Crippen LogP contribution in [0.1, 0.15) is 38.1 Å². The molecule has 2 N–H and O–H groups in total. The van der Waals surface area contributed by atoms with Crippen molar-refractivity contribution in [3.05, 3.63) is 60.0 Å². The normalized spacial score (nSPS) is 12.6. The van der Waals surface area contributed by atoms with Crippen molar-refractivity contribution in [2.75, 3.05) is 11.9 Å². The average Bonchev–Trinajstić information content (AvgIpc) is 2.98. The molecule has 0 spiro atoms. The number of anilines is 1. The summed E-state index contributed by atoms with van der Waals surface area (Å²) in [6, 6.07) is 11.5. The number of aromatic nitrogens is 3. The zero-order valence-electron chi connectivity index (χ0n) is 16.1. The van der Waals surface area contributed by atoms with Crippen molar-refractivity contribution in [3.63, 3.8) is 0 Å². The second kappa shape index (κ2) is 7.65. The SMILES string of the molecule is Cc1cc2c(NCC(NC(=O)OC(C)(C)C)c3ccccc3)nccn2n1. The van der Waals surface area contributed by atoms with E-state index in [1.54, 1.807) is 16.9 Å². The number of nitrogens with zero attached hydrogens (tertiary/aromatic N) is 3. The Kier molecular flexibility index (Phi) is 5.30. The zero-order chi connectivity index (χ0) is 19.4. The van der Waals surface area contributed by atoms with Gasteiger partial charge in [-0.25, -0.2) is 14.3 Å². The van der Waals surface area contributed by atoms with E-state index in [1.807, 2.05) is 64.1 Å². The Morgan fingerprint density at radius 1 is 1.26 bits per heavy atom. The smallest absolute Gasteiger partial charge is 0.408 e. The number of nitrogens with one attached hydrogen (secondary N) is 2. The number of fused-ring (bicyclic) bond motifs is 1. The molecule has 1 atom stereocenters. The average molecular weight is 367 g/mol. The summed E-state index contributed by atoms with van der Waals surface area (Å²) in [5.74, 6) is 0.713. The van der Waals surface area contributed by atoms with E-state index in [2.05, 4.69) is 20.7 Å². The maximum absolute atomic E-state index is 12.3. The Balaban J connectivity index is 1.78. The van der Waals surface area contributed by atoms with Gasteiger partial charge in [-0.3, -0.25) is 0 Å². The summed E-state index contributed by atoms with van der Waals surface area (Å²) in [7, 11) is 0. The monoisotopic (exact) mass is 367 g/mol. The molecule has 0 radical (unpaired) electrons. The Labute approximate surface area is 158 Å². The van der Waals surface area contributed by atoms with Gasteiger partial charge in [0.25, 0.3) is 0 Å². The highest BCUT2D eigenvalue weighted by molar-refractivity contribution is 5.69. The van der Waals surface area contributed by atoms with Crippen LogP contribution in [0.2, 0.25) is 0 Å². The summed E-state index contributed by atoms with van der Waals surface area (Å²) in [6.45, 7) is 7.92. The highest BCUT2D eigenvalue weighted by Gasteiger charge is 2.21. The Morgan fingerprint density at radius 3 is 2.70 bits per heavy atom. The molecule has 2 aromatic heterocycles. The number of amides is 1. The van der Waals surface area contributed by atoms with Crippen molar-refractivity contribution in [1.29, 1.82) is 0 Å². The lowest BCUT2D eigenvalue weighted by atomic mass is 10.1. The number of hydrogen-bond donors (Lipinski definition) is 2. The van der Waals surface area contributed by atoms with Crippen molar-refractivity contribution in [3.8, 4) is 0 Å². The Hall–Kier alpha value is -3.09. The summed E-state index contributed by atoms with van der Waals surface area (Å²) in [6.07, 6.45) is 3.05. The predicted molar refractivity (Wildman–Crippen MR) is 105 cm³/mol. The summed E-state index contributed by atoms with van der Waals surface area (Å²) >= 11 is 0. The van der Waals surface area contributed by atoms with Crippen LogP contribution in [-0.4, -0.2) is 32.8 Å². The summed E-state index contributed by atoms with van der Waals surface area (Å²) < 4.78 is 7.19. The van der Waals surface area contributed by atoms with Crippen molar-refractivity contribution in [2.24, 2.45) is 0 Å². The van der Waals surface area contributed by atoms with Gasteiger partial charge < -0.3 is 15.4 Å². The number of aryl methyl sites for hydroxylation is 1. The first-order valence-corrected chi connectivity index (χ1v) is 8.91. The molecule has 7 heteroatoms. The van der Waals surface area contributed by atoms with E-state index in [0.717, 1.165) is 16.8 Å².